The van der Waals surface area contributed by atoms with Crippen molar-refractivity contribution in [3.05, 3.63) is 0 Å². The first-order chi connectivity index (χ1) is 6.24. The molecule has 0 aromatic heterocycles. The Kier molecular flexibility index (Phi) is 7.04. The largest absolute Gasteiger partial charge is 0.372 e. The van der Waals surface area contributed by atoms with Crippen LogP contribution in [0, 0.1) is 12.3 Å². The van der Waals surface area contributed by atoms with Crippen LogP contribution in [0.3, 0.4) is 0 Å². The van der Waals surface area contributed by atoms with E-state index < -0.39 is 0 Å². The van der Waals surface area contributed by atoms with Crippen LogP contribution in [0.15, 0.2) is 0 Å². The van der Waals surface area contributed by atoms with Gasteiger partial charge in [-0.1, -0.05) is 19.3 Å². The molecule has 0 saturated carbocycles. The van der Waals surface area contributed by atoms with Crippen LogP contribution in [0.4, 0.5) is 0 Å². The summed E-state index contributed by atoms with van der Waals surface area (Å²) in [6.45, 7) is 4.51. The van der Waals surface area contributed by atoms with E-state index in [1.54, 1.807) is 0 Å². The quantitative estimate of drug-likeness (QED) is 0.622. The molecule has 0 rings (SSSR count). The Morgan fingerprint density at radius 3 is 2.77 bits per heavy atom. The molecule has 0 aromatic carbocycles. The van der Waals surface area contributed by atoms with Crippen molar-refractivity contribution in [2.75, 3.05) is 13.2 Å². The number of hydrogen-bond acceptors (Lipinski definition) is 2. The first-order valence-electron chi connectivity index (χ1n) is 4.57. The summed E-state index contributed by atoms with van der Waals surface area (Å²) in [6.07, 6.45) is 7.01. The van der Waals surface area contributed by atoms with E-state index in [4.69, 9.17) is 11.2 Å². The normalized spacial score (nSPS) is 11.8. The van der Waals surface area contributed by atoms with Crippen molar-refractivity contribution in [3.8, 4) is 12.3 Å². The van der Waals surface area contributed by atoms with E-state index in [1.807, 2.05) is 13.8 Å². The lowest BCUT2D eigenvalue weighted by atomic mass is 10.2. The molecule has 0 spiro atoms. The molecule has 3 nitrogen and oxygen atoms in total. The van der Waals surface area contributed by atoms with Crippen molar-refractivity contribution >= 4 is 5.91 Å². The number of ether oxygens (including phenoxy) is 1. The molecule has 74 valence electrons. The fourth-order valence-corrected chi connectivity index (χ4v) is 0.917. The van der Waals surface area contributed by atoms with Gasteiger partial charge in [-0.25, -0.2) is 0 Å². The summed E-state index contributed by atoms with van der Waals surface area (Å²) in [4.78, 5) is 11.1. The molecule has 1 atom stereocenters. The average molecular weight is 183 g/mol. The fourth-order valence-electron chi connectivity index (χ4n) is 0.917. The van der Waals surface area contributed by atoms with Gasteiger partial charge in [0.1, 0.15) is 6.61 Å². The minimum absolute atomic E-state index is 0.0956. The highest BCUT2D eigenvalue weighted by Gasteiger charge is 2.07. The molecule has 0 aliphatic carbocycles. The molecule has 0 aliphatic rings. The second-order valence-electron chi connectivity index (χ2n) is 2.71. The predicted octanol–water partition coefficient (Wildman–Crippen LogP) is 0.941. The molecule has 0 saturated heterocycles. The topological polar surface area (TPSA) is 38.3 Å². The van der Waals surface area contributed by atoms with Gasteiger partial charge in [-0.15, -0.1) is 6.42 Å². The summed E-state index contributed by atoms with van der Waals surface area (Å²) in [5, 5.41) is 2.70. The Balaban J connectivity index is 3.68. The lowest BCUT2D eigenvalue weighted by molar-refractivity contribution is -0.125. The first kappa shape index (κ1) is 12.0. The van der Waals surface area contributed by atoms with E-state index in [-0.39, 0.29) is 18.6 Å². The van der Waals surface area contributed by atoms with E-state index in [1.165, 1.54) is 0 Å². The zero-order chi connectivity index (χ0) is 10.1. The Morgan fingerprint density at radius 1 is 1.62 bits per heavy atom. The fraction of sp³-hybridized carbons (Fsp3) is 0.700. The second kappa shape index (κ2) is 7.63. The molecule has 1 amide bonds. The lowest BCUT2D eigenvalue weighted by Crippen LogP contribution is -2.36. The van der Waals surface area contributed by atoms with Gasteiger partial charge in [0.05, 0.1) is 6.04 Å². The van der Waals surface area contributed by atoms with Crippen molar-refractivity contribution in [3.63, 3.8) is 0 Å². The molecular weight excluding hydrogens is 166 g/mol. The third kappa shape index (κ3) is 6.18. The number of nitrogens with one attached hydrogen (secondary N) is 1. The van der Waals surface area contributed by atoms with Gasteiger partial charge in [0.25, 0.3) is 0 Å². The van der Waals surface area contributed by atoms with Gasteiger partial charge < -0.3 is 10.1 Å². The molecule has 0 aliphatic heterocycles. The minimum Gasteiger partial charge on any atom is -0.372 e. The summed E-state index contributed by atoms with van der Waals surface area (Å²) in [5.74, 6) is 2.38. The number of rotatable bonds is 6. The van der Waals surface area contributed by atoms with Crippen molar-refractivity contribution in [1.29, 1.82) is 0 Å². The maximum absolute atomic E-state index is 11.1. The molecule has 0 radical (unpaired) electrons. The van der Waals surface area contributed by atoms with Crippen LogP contribution < -0.4 is 5.32 Å². The SMILES string of the molecule is C#CC(CCC)NC(=O)COCC. The zero-order valence-electron chi connectivity index (χ0n) is 8.30. The van der Waals surface area contributed by atoms with Crippen LogP contribution in [0.25, 0.3) is 0 Å². The average Bonchev–Trinajstić information content (AvgIpc) is 2.14. The van der Waals surface area contributed by atoms with Gasteiger partial charge in [-0.2, -0.15) is 0 Å². The summed E-state index contributed by atoms with van der Waals surface area (Å²) >= 11 is 0. The van der Waals surface area contributed by atoms with E-state index in [0.29, 0.717) is 6.61 Å². The number of amides is 1. The Labute approximate surface area is 79.8 Å². The maximum atomic E-state index is 11.1. The van der Waals surface area contributed by atoms with Crippen LogP contribution in [0.5, 0.6) is 0 Å². The highest BCUT2D eigenvalue weighted by Crippen LogP contribution is 1.94. The zero-order valence-corrected chi connectivity index (χ0v) is 8.30. The summed E-state index contributed by atoms with van der Waals surface area (Å²) in [7, 11) is 0. The van der Waals surface area contributed by atoms with Gasteiger partial charge in [-0.3, -0.25) is 4.79 Å². The van der Waals surface area contributed by atoms with E-state index in [2.05, 4.69) is 11.2 Å². The van der Waals surface area contributed by atoms with Crippen molar-refractivity contribution in [2.24, 2.45) is 0 Å². The van der Waals surface area contributed by atoms with Gasteiger partial charge in [0.15, 0.2) is 0 Å². The molecule has 1 unspecified atom stereocenters. The van der Waals surface area contributed by atoms with Crippen LogP contribution in [0.2, 0.25) is 0 Å². The Morgan fingerprint density at radius 2 is 2.31 bits per heavy atom. The first-order valence-corrected chi connectivity index (χ1v) is 4.57. The van der Waals surface area contributed by atoms with Crippen molar-refractivity contribution < 1.29 is 9.53 Å². The highest BCUT2D eigenvalue weighted by atomic mass is 16.5. The van der Waals surface area contributed by atoms with Gasteiger partial charge in [0.2, 0.25) is 5.91 Å². The number of terminal acetylenes is 1. The summed E-state index contributed by atoms with van der Waals surface area (Å²) in [6, 6.07) is -0.155. The molecule has 13 heavy (non-hydrogen) atoms. The third-order valence-corrected chi connectivity index (χ3v) is 1.55. The standard InChI is InChI=1S/C10H17NO2/c1-4-7-9(5-2)11-10(12)8-13-6-3/h2,9H,4,6-8H2,1,3H3,(H,11,12). The second-order valence-corrected chi connectivity index (χ2v) is 2.71. The monoisotopic (exact) mass is 183 g/mol. The lowest BCUT2D eigenvalue weighted by Gasteiger charge is -2.11. The molecule has 0 heterocycles. The van der Waals surface area contributed by atoms with Gasteiger partial charge in [0, 0.05) is 6.61 Å². The Hall–Kier alpha value is -1.01. The van der Waals surface area contributed by atoms with Crippen LogP contribution in [-0.2, 0) is 9.53 Å². The number of carbonyl (C=O) groups excluding carboxylic acids is 1. The van der Waals surface area contributed by atoms with E-state index in [9.17, 15) is 4.79 Å². The van der Waals surface area contributed by atoms with E-state index >= 15 is 0 Å². The summed E-state index contributed by atoms with van der Waals surface area (Å²) in [5.41, 5.74) is 0. The number of carbonyl (C=O) groups is 1. The van der Waals surface area contributed by atoms with E-state index in [0.717, 1.165) is 12.8 Å². The molecular formula is C10H17NO2. The molecule has 0 bridgehead atoms. The third-order valence-electron chi connectivity index (χ3n) is 1.55. The molecule has 1 N–H and O–H groups in total. The van der Waals surface area contributed by atoms with Crippen LogP contribution >= 0.6 is 0 Å². The smallest absolute Gasteiger partial charge is 0.246 e. The van der Waals surface area contributed by atoms with Crippen LogP contribution in [0.1, 0.15) is 26.7 Å². The predicted molar refractivity (Wildman–Crippen MR) is 52.2 cm³/mol. The van der Waals surface area contributed by atoms with Crippen molar-refractivity contribution in [2.45, 2.75) is 32.7 Å². The Bertz CT molecular complexity index is 184. The minimum atomic E-state index is -0.155. The van der Waals surface area contributed by atoms with Gasteiger partial charge in [-0.05, 0) is 13.3 Å². The van der Waals surface area contributed by atoms with Crippen molar-refractivity contribution in [1.82, 2.24) is 5.32 Å². The molecule has 3 heteroatoms. The molecule has 0 fully saturated rings. The highest BCUT2D eigenvalue weighted by molar-refractivity contribution is 5.77. The number of hydrogen-bond donors (Lipinski definition) is 1. The summed E-state index contributed by atoms with van der Waals surface area (Å²) < 4.78 is 4.94. The molecule has 0 aromatic rings. The van der Waals surface area contributed by atoms with Crippen LogP contribution in [-0.4, -0.2) is 25.2 Å². The maximum Gasteiger partial charge on any atom is 0.246 e. The van der Waals surface area contributed by atoms with Gasteiger partial charge >= 0.3 is 0 Å².